The third-order valence-corrected chi connectivity index (χ3v) is 3.14. The summed E-state index contributed by atoms with van der Waals surface area (Å²) in [7, 11) is 0. The molecule has 0 aromatic heterocycles. The van der Waals surface area contributed by atoms with Crippen LogP contribution in [-0.4, -0.2) is 29.4 Å². The van der Waals surface area contributed by atoms with E-state index in [4.69, 9.17) is 14.2 Å². The Morgan fingerprint density at radius 1 is 1.22 bits per heavy atom. The van der Waals surface area contributed by atoms with E-state index in [0.29, 0.717) is 23.5 Å². The molecular weight excluding hydrogens is 300 g/mol. The Balaban J connectivity index is 2.28. The lowest BCUT2D eigenvalue weighted by Gasteiger charge is -2.29. The molecule has 124 valence electrons. The number of aliphatic hydroxyl groups excluding tert-OH is 1. The van der Waals surface area contributed by atoms with Crippen molar-refractivity contribution < 1.29 is 28.9 Å². The van der Waals surface area contributed by atoms with Crippen LogP contribution in [-0.2, 0) is 25.7 Å². The molecule has 0 amide bonds. The minimum Gasteiger partial charge on any atom is -0.493 e. The molecule has 1 aromatic rings. The fraction of sp³-hybridized carbons (Fsp3) is 0.412. The number of benzene rings is 1. The molecule has 23 heavy (non-hydrogen) atoms. The lowest BCUT2D eigenvalue weighted by molar-refractivity contribution is -0.222. The van der Waals surface area contributed by atoms with Crippen LogP contribution in [0.5, 0.6) is 5.75 Å². The summed E-state index contributed by atoms with van der Waals surface area (Å²) in [6.07, 6.45) is 2.23. The van der Waals surface area contributed by atoms with Crippen molar-refractivity contribution >= 4 is 18.0 Å². The summed E-state index contributed by atoms with van der Waals surface area (Å²) in [4.78, 5) is 23.8. The van der Waals surface area contributed by atoms with Gasteiger partial charge in [0.2, 0.25) is 0 Å². The van der Waals surface area contributed by atoms with Gasteiger partial charge in [0.25, 0.3) is 5.79 Å². The zero-order valence-corrected chi connectivity index (χ0v) is 13.4. The van der Waals surface area contributed by atoms with E-state index >= 15 is 0 Å². The maximum Gasteiger partial charge on any atom is 0.348 e. The highest BCUT2D eigenvalue weighted by Gasteiger charge is 2.38. The average Bonchev–Trinajstić information content (AvgIpc) is 2.48. The summed E-state index contributed by atoms with van der Waals surface area (Å²) in [5.74, 6) is -2.16. The smallest absolute Gasteiger partial charge is 0.348 e. The van der Waals surface area contributed by atoms with Gasteiger partial charge in [-0.05, 0) is 30.2 Å². The maximum absolute atomic E-state index is 11.9. The van der Waals surface area contributed by atoms with Gasteiger partial charge in [-0.25, -0.2) is 9.59 Å². The van der Waals surface area contributed by atoms with Crippen LogP contribution >= 0.6 is 0 Å². The highest BCUT2D eigenvalue weighted by Crippen LogP contribution is 2.26. The van der Waals surface area contributed by atoms with Crippen molar-refractivity contribution in [2.45, 2.75) is 39.6 Å². The number of carbonyl (C=O) groups excluding carboxylic acids is 2. The summed E-state index contributed by atoms with van der Waals surface area (Å²) in [5.41, 5.74) is 0.961. The van der Waals surface area contributed by atoms with Gasteiger partial charge in [0, 0.05) is 19.4 Å². The van der Waals surface area contributed by atoms with Crippen LogP contribution in [0.25, 0.3) is 6.08 Å². The minimum absolute atomic E-state index is 0.185. The first-order chi connectivity index (χ1) is 10.9. The summed E-state index contributed by atoms with van der Waals surface area (Å²) >= 11 is 0. The number of aliphatic hydroxyl groups is 1. The molecule has 6 nitrogen and oxygen atoms in total. The lowest BCUT2D eigenvalue weighted by atomic mass is 10.1. The van der Waals surface area contributed by atoms with Gasteiger partial charge in [0.15, 0.2) is 0 Å². The number of ether oxygens (including phenoxy) is 3. The molecule has 0 radical (unpaired) electrons. The number of cyclic esters (lactones) is 2. The Hall–Kier alpha value is -2.34. The fourth-order valence-electron chi connectivity index (χ4n) is 2.11. The zero-order valence-electron chi connectivity index (χ0n) is 13.4. The summed E-state index contributed by atoms with van der Waals surface area (Å²) in [5, 5.41) is 9.44. The van der Waals surface area contributed by atoms with Crippen molar-refractivity contribution in [3.05, 3.63) is 34.9 Å². The number of hydrogen-bond acceptors (Lipinski definition) is 6. The van der Waals surface area contributed by atoms with Gasteiger partial charge in [-0.2, -0.15) is 0 Å². The van der Waals surface area contributed by atoms with Gasteiger partial charge in [-0.15, -0.1) is 0 Å². The highest BCUT2D eigenvalue weighted by molar-refractivity contribution is 6.18. The molecule has 1 aromatic carbocycles. The summed E-state index contributed by atoms with van der Waals surface area (Å²) < 4.78 is 15.6. The third-order valence-electron chi connectivity index (χ3n) is 3.14. The molecule has 1 heterocycles. The van der Waals surface area contributed by atoms with Crippen LogP contribution in [0.15, 0.2) is 23.8 Å². The quantitative estimate of drug-likeness (QED) is 0.509. The van der Waals surface area contributed by atoms with Crippen LogP contribution in [0.2, 0.25) is 0 Å². The molecule has 1 aliphatic rings. The van der Waals surface area contributed by atoms with E-state index in [1.54, 1.807) is 18.2 Å². The Morgan fingerprint density at radius 3 is 2.43 bits per heavy atom. The van der Waals surface area contributed by atoms with Crippen LogP contribution < -0.4 is 4.74 Å². The molecular formula is C17H20O6. The second-order valence-corrected chi connectivity index (χ2v) is 5.61. The maximum atomic E-state index is 11.9. The first-order valence-electron chi connectivity index (χ1n) is 7.41. The summed E-state index contributed by atoms with van der Waals surface area (Å²) in [6, 6.07) is 5.03. The van der Waals surface area contributed by atoms with E-state index in [1.807, 2.05) is 6.92 Å². The number of esters is 2. The Bertz CT molecular complexity index is 622. The molecule has 0 spiro atoms. The van der Waals surface area contributed by atoms with Gasteiger partial charge in [-0.3, -0.25) is 0 Å². The molecule has 0 unspecified atom stereocenters. The Labute approximate surface area is 134 Å². The van der Waals surface area contributed by atoms with E-state index < -0.39 is 17.7 Å². The van der Waals surface area contributed by atoms with E-state index in [1.165, 1.54) is 19.9 Å². The fourth-order valence-corrected chi connectivity index (χ4v) is 2.11. The molecule has 0 bridgehead atoms. The van der Waals surface area contributed by atoms with Crippen LogP contribution in [0.3, 0.4) is 0 Å². The van der Waals surface area contributed by atoms with E-state index in [-0.39, 0.29) is 12.2 Å². The average molecular weight is 320 g/mol. The molecule has 0 atom stereocenters. The molecule has 1 N–H and O–H groups in total. The molecule has 1 fully saturated rings. The number of hydrogen-bond donors (Lipinski definition) is 1. The van der Waals surface area contributed by atoms with Crippen LogP contribution in [0, 0.1) is 0 Å². The van der Waals surface area contributed by atoms with Crippen molar-refractivity contribution in [1.82, 2.24) is 0 Å². The monoisotopic (exact) mass is 320 g/mol. The largest absolute Gasteiger partial charge is 0.493 e. The molecule has 2 rings (SSSR count). The molecule has 0 aliphatic carbocycles. The zero-order chi connectivity index (χ0) is 17.0. The minimum atomic E-state index is -1.26. The van der Waals surface area contributed by atoms with Crippen LogP contribution in [0.1, 0.15) is 38.3 Å². The Morgan fingerprint density at radius 2 is 1.87 bits per heavy atom. The van der Waals surface area contributed by atoms with Crippen molar-refractivity contribution in [2.24, 2.45) is 0 Å². The van der Waals surface area contributed by atoms with Crippen molar-refractivity contribution in [1.29, 1.82) is 0 Å². The van der Waals surface area contributed by atoms with Gasteiger partial charge < -0.3 is 19.3 Å². The number of rotatable bonds is 5. The van der Waals surface area contributed by atoms with Crippen LogP contribution in [0.4, 0.5) is 0 Å². The molecule has 0 saturated carbocycles. The van der Waals surface area contributed by atoms with Crippen molar-refractivity contribution in [2.75, 3.05) is 6.61 Å². The number of carbonyl (C=O) groups is 2. The third kappa shape index (κ3) is 4.10. The van der Waals surface area contributed by atoms with E-state index in [0.717, 1.165) is 6.42 Å². The normalized spacial score (nSPS) is 16.6. The summed E-state index contributed by atoms with van der Waals surface area (Å²) in [6.45, 7) is 5.30. The van der Waals surface area contributed by atoms with Crippen molar-refractivity contribution in [3.8, 4) is 5.75 Å². The van der Waals surface area contributed by atoms with Crippen molar-refractivity contribution in [3.63, 3.8) is 0 Å². The van der Waals surface area contributed by atoms with Gasteiger partial charge in [0.05, 0.1) is 13.2 Å². The molecule has 1 saturated heterocycles. The Kier molecular flexibility index (Phi) is 5.05. The topological polar surface area (TPSA) is 82.1 Å². The lowest BCUT2D eigenvalue weighted by Crippen LogP contribution is -2.41. The predicted octanol–water partition coefficient (Wildman–Crippen LogP) is 2.19. The van der Waals surface area contributed by atoms with Gasteiger partial charge in [0.1, 0.15) is 11.3 Å². The van der Waals surface area contributed by atoms with E-state index in [9.17, 15) is 14.7 Å². The SMILES string of the molecule is CCCOc1ccc(C=C2C(=O)OC(C)(C)OC2=O)cc1CO. The standard InChI is InChI=1S/C17H20O6/c1-4-7-21-14-6-5-11(8-12(14)10-18)9-13-15(19)22-17(2,3)23-16(13)20/h5-6,8-9,18H,4,7,10H2,1-3H3. The molecule has 6 heteroatoms. The molecule has 1 aliphatic heterocycles. The predicted molar refractivity (Wildman–Crippen MR) is 82.4 cm³/mol. The first kappa shape index (κ1) is 17.0. The second kappa shape index (κ2) is 6.83. The second-order valence-electron chi connectivity index (χ2n) is 5.61. The highest BCUT2D eigenvalue weighted by atomic mass is 16.7. The van der Waals surface area contributed by atoms with E-state index in [2.05, 4.69) is 0 Å². The first-order valence-corrected chi connectivity index (χ1v) is 7.41. The van der Waals surface area contributed by atoms with Gasteiger partial charge in [-0.1, -0.05) is 13.0 Å². The van der Waals surface area contributed by atoms with Gasteiger partial charge >= 0.3 is 11.9 Å².